The smallest absolute Gasteiger partial charge is 0.263 e. The largest absolute Gasteiger partial charge is 0.378 e. The minimum atomic E-state index is -0.533. The van der Waals surface area contributed by atoms with Crippen LogP contribution in [0.1, 0.15) is 5.56 Å². The lowest BCUT2D eigenvalue weighted by atomic mass is 10.2. The molecule has 14 nitrogen and oxygen atoms in total. The van der Waals surface area contributed by atoms with E-state index in [-0.39, 0.29) is 29.8 Å². The topological polar surface area (TPSA) is 199 Å². The average Bonchev–Trinajstić information content (AvgIpc) is 3.27. The molecule has 0 atom stereocenters. The van der Waals surface area contributed by atoms with Crippen molar-refractivity contribution in [3.05, 3.63) is 35.9 Å². The number of nitrogens with one attached hydrogen (secondary N) is 1. The fraction of sp³-hybridized carbons (Fsp3) is 0.0769. The zero-order valence-electron chi connectivity index (χ0n) is 13.6. The maximum atomic E-state index is 12.1. The summed E-state index contributed by atoms with van der Waals surface area (Å²) in [6.45, 7) is -0.348. The van der Waals surface area contributed by atoms with Crippen molar-refractivity contribution < 1.29 is 14.1 Å². The Kier molecular flexibility index (Phi) is 5.27. The second kappa shape index (κ2) is 8.15. The van der Waals surface area contributed by atoms with Crippen LogP contribution in [0.4, 0.5) is 23.3 Å². The van der Waals surface area contributed by atoms with Gasteiger partial charge in [-0.3, -0.25) is 4.79 Å². The number of carbonyl (C=O) groups excluding carboxylic acids is 1. The lowest BCUT2D eigenvalue weighted by Gasteiger charge is -2.12. The SMILES string of the molecule is Nc1nonc1N=NN(CC(=O)NN=Cc1ccccc1)c1nonc1N. The normalized spacial score (nSPS) is 11.3. The molecule has 0 fully saturated rings. The monoisotopic (exact) mass is 371 g/mol. The van der Waals surface area contributed by atoms with Gasteiger partial charge < -0.3 is 11.5 Å². The van der Waals surface area contributed by atoms with Crippen LogP contribution in [0.3, 0.4) is 0 Å². The number of amides is 1. The number of hydrogen-bond donors (Lipinski definition) is 3. The van der Waals surface area contributed by atoms with Crippen LogP contribution in [0.25, 0.3) is 0 Å². The van der Waals surface area contributed by atoms with Crippen LogP contribution < -0.4 is 21.9 Å². The highest BCUT2D eigenvalue weighted by Crippen LogP contribution is 2.21. The van der Waals surface area contributed by atoms with Gasteiger partial charge in [0.1, 0.15) is 6.54 Å². The molecule has 0 aliphatic carbocycles. The molecule has 0 aliphatic heterocycles. The maximum absolute atomic E-state index is 12.1. The van der Waals surface area contributed by atoms with Crippen molar-refractivity contribution in [2.75, 3.05) is 23.0 Å². The molecular weight excluding hydrogens is 358 g/mol. The fourth-order valence-corrected chi connectivity index (χ4v) is 1.76. The standard InChI is InChI=1S/C13H13N11O3/c14-10-12(21-26-19-10)18-23-24(13-11(15)20-27-22-13)7-9(25)17-16-6-8-4-2-1-3-5-8/h1-6H,7H2,(H2,14,19)(H2,15,20)(H,17,25). The van der Waals surface area contributed by atoms with Crippen LogP contribution in [0, 0.1) is 0 Å². The summed E-state index contributed by atoms with van der Waals surface area (Å²) < 4.78 is 8.91. The molecule has 0 radical (unpaired) electrons. The summed E-state index contributed by atoms with van der Waals surface area (Å²) >= 11 is 0. The summed E-state index contributed by atoms with van der Waals surface area (Å²) in [5.41, 5.74) is 14.3. The van der Waals surface area contributed by atoms with E-state index in [0.29, 0.717) is 0 Å². The maximum Gasteiger partial charge on any atom is 0.263 e. The van der Waals surface area contributed by atoms with Gasteiger partial charge in [-0.15, -0.1) is 5.11 Å². The van der Waals surface area contributed by atoms with Gasteiger partial charge in [0.2, 0.25) is 17.5 Å². The van der Waals surface area contributed by atoms with Gasteiger partial charge in [0.05, 0.1) is 6.21 Å². The van der Waals surface area contributed by atoms with Crippen molar-refractivity contribution in [2.45, 2.75) is 0 Å². The van der Waals surface area contributed by atoms with Gasteiger partial charge in [-0.05, 0) is 26.2 Å². The third-order valence-corrected chi connectivity index (χ3v) is 2.98. The summed E-state index contributed by atoms with van der Waals surface area (Å²) in [6, 6.07) is 9.21. The van der Waals surface area contributed by atoms with Crippen molar-refractivity contribution >= 4 is 35.4 Å². The molecule has 3 aromatic rings. The van der Waals surface area contributed by atoms with E-state index in [9.17, 15) is 4.79 Å². The molecule has 0 unspecified atom stereocenters. The Bertz CT molecular complexity index is 949. The molecule has 138 valence electrons. The number of hydrazone groups is 1. The van der Waals surface area contributed by atoms with Crippen molar-refractivity contribution in [1.82, 2.24) is 26.1 Å². The van der Waals surface area contributed by atoms with E-state index < -0.39 is 5.91 Å². The number of anilines is 3. The minimum absolute atomic E-state index is 0.0315. The van der Waals surface area contributed by atoms with Gasteiger partial charge in [0.15, 0.2) is 0 Å². The summed E-state index contributed by atoms with van der Waals surface area (Å²) in [5, 5.41) is 26.2. The van der Waals surface area contributed by atoms with Crippen molar-refractivity contribution in [3.63, 3.8) is 0 Å². The molecule has 0 saturated heterocycles. The van der Waals surface area contributed by atoms with E-state index >= 15 is 0 Å². The summed E-state index contributed by atoms with van der Waals surface area (Å²) in [5.74, 6) is -0.828. The quantitative estimate of drug-likeness (QED) is 0.294. The first-order valence-electron chi connectivity index (χ1n) is 7.35. The van der Waals surface area contributed by atoms with E-state index in [1.54, 1.807) is 0 Å². The number of nitrogens with two attached hydrogens (primary N) is 2. The molecule has 27 heavy (non-hydrogen) atoms. The Balaban J connectivity index is 1.68. The number of hydrogen-bond acceptors (Lipinski definition) is 12. The van der Waals surface area contributed by atoms with E-state index in [4.69, 9.17) is 11.5 Å². The Labute approximate surface area is 150 Å². The third-order valence-electron chi connectivity index (χ3n) is 2.98. The number of aromatic nitrogens is 4. The molecule has 3 rings (SSSR count). The molecule has 1 aromatic carbocycles. The van der Waals surface area contributed by atoms with Crippen LogP contribution >= 0.6 is 0 Å². The van der Waals surface area contributed by atoms with Gasteiger partial charge in [-0.2, -0.15) is 5.10 Å². The van der Waals surface area contributed by atoms with Gasteiger partial charge >= 0.3 is 0 Å². The van der Waals surface area contributed by atoms with Gasteiger partial charge in [0.25, 0.3) is 11.7 Å². The van der Waals surface area contributed by atoms with Crippen molar-refractivity contribution in [1.29, 1.82) is 0 Å². The molecule has 1 amide bonds. The summed E-state index contributed by atoms with van der Waals surface area (Å²) in [6.07, 6.45) is 1.48. The molecule has 2 aromatic heterocycles. The van der Waals surface area contributed by atoms with Gasteiger partial charge in [-0.25, -0.2) is 19.7 Å². The van der Waals surface area contributed by atoms with Crippen LogP contribution in [0.5, 0.6) is 0 Å². The number of carbonyl (C=O) groups is 1. The second-order valence-corrected chi connectivity index (χ2v) is 4.90. The van der Waals surface area contributed by atoms with Crippen molar-refractivity contribution in [2.24, 2.45) is 15.4 Å². The lowest BCUT2D eigenvalue weighted by Crippen LogP contribution is -2.32. The highest BCUT2D eigenvalue weighted by Gasteiger charge is 2.19. The summed E-state index contributed by atoms with van der Waals surface area (Å²) in [4.78, 5) is 12.1. The van der Waals surface area contributed by atoms with Crippen molar-refractivity contribution in [3.8, 4) is 0 Å². The molecule has 0 bridgehead atoms. The minimum Gasteiger partial charge on any atom is -0.378 e. The molecule has 0 saturated carbocycles. The third kappa shape index (κ3) is 4.59. The molecule has 14 heteroatoms. The molecular formula is C13H13N11O3. The van der Waals surface area contributed by atoms with E-state index in [1.807, 2.05) is 30.3 Å². The number of benzene rings is 1. The van der Waals surface area contributed by atoms with E-state index in [2.05, 4.69) is 50.7 Å². The molecule has 0 aliphatic rings. The predicted molar refractivity (Wildman–Crippen MR) is 91.5 cm³/mol. The van der Waals surface area contributed by atoms with E-state index in [0.717, 1.165) is 10.6 Å². The Morgan fingerprint density at radius 2 is 1.85 bits per heavy atom. The first kappa shape index (κ1) is 17.5. The summed E-state index contributed by atoms with van der Waals surface area (Å²) in [7, 11) is 0. The number of nitrogen functional groups attached to an aromatic ring is 2. The number of rotatable bonds is 7. The zero-order chi connectivity index (χ0) is 19.1. The van der Waals surface area contributed by atoms with E-state index in [1.165, 1.54) is 6.21 Å². The Morgan fingerprint density at radius 1 is 1.11 bits per heavy atom. The fourth-order valence-electron chi connectivity index (χ4n) is 1.76. The Hall–Kier alpha value is -4.36. The average molecular weight is 371 g/mol. The predicted octanol–water partition coefficient (Wildman–Crippen LogP) is 0.273. The Morgan fingerprint density at radius 3 is 2.52 bits per heavy atom. The number of nitrogens with zero attached hydrogens (tertiary/aromatic N) is 8. The zero-order valence-corrected chi connectivity index (χ0v) is 13.6. The van der Waals surface area contributed by atoms with Crippen LogP contribution in [-0.2, 0) is 4.79 Å². The van der Waals surface area contributed by atoms with Gasteiger partial charge in [-0.1, -0.05) is 35.6 Å². The highest BCUT2D eigenvalue weighted by atomic mass is 16.6. The molecule has 0 spiro atoms. The second-order valence-electron chi connectivity index (χ2n) is 4.90. The molecule has 2 heterocycles. The van der Waals surface area contributed by atoms with Gasteiger partial charge in [0, 0.05) is 0 Å². The highest BCUT2D eigenvalue weighted by molar-refractivity contribution is 5.84. The lowest BCUT2D eigenvalue weighted by molar-refractivity contribution is -0.119. The van der Waals surface area contributed by atoms with Crippen LogP contribution in [0.2, 0.25) is 0 Å². The van der Waals surface area contributed by atoms with Crippen LogP contribution in [0.15, 0.2) is 55.0 Å². The first-order valence-corrected chi connectivity index (χ1v) is 7.35. The van der Waals surface area contributed by atoms with Crippen LogP contribution in [-0.4, -0.2) is 39.3 Å². The molecule has 5 N–H and O–H groups in total. The first-order chi connectivity index (χ1) is 13.1.